The number of piperazine rings is 1. The number of carbonyl (C=O) groups excluding carboxylic acids is 4. The summed E-state index contributed by atoms with van der Waals surface area (Å²) in [5, 5.41) is 3.26. The molecule has 2 aromatic rings. The Morgan fingerprint density at radius 2 is 1.45 bits per heavy atom. The molecule has 0 atom stereocenters. The van der Waals surface area contributed by atoms with E-state index in [0.717, 1.165) is 10.4 Å². The summed E-state index contributed by atoms with van der Waals surface area (Å²) in [6.45, 7) is 10.1. The van der Waals surface area contributed by atoms with Crippen LogP contribution in [0.15, 0.2) is 29.2 Å². The van der Waals surface area contributed by atoms with E-state index in [-0.39, 0.29) is 62.3 Å². The summed E-state index contributed by atoms with van der Waals surface area (Å²) in [7, 11) is -3.84. The summed E-state index contributed by atoms with van der Waals surface area (Å²) in [4.78, 5) is 56.8. The van der Waals surface area contributed by atoms with Gasteiger partial charge in [0.1, 0.15) is 5.00 Å². The Hall–Kier alpha value is -3.69. The predicted molar refractivity (Wildman–Crippen MR) is 164 cm³/mol. The molecule has 0 spiro atoms. The molecule has 44 heavy (non-hydrogen) atoms. The molecule has 2 aliphatic rings. The van der Waals surface area contributed by atoms with Crippen LogP contribution in [-0.4, -0.2) is 110 Å². The average Bonchev–Trinajstić information content (AvgIpc) is 3.38. The average molecular weight is 650 g/mol. The van der Waals surface area contributed by atoms with E-state index in [2.05, 4.69) is 5.32 Å². The van der Waals surface area contributed by atoms with Gasteiger partial charge >= 0.3 is 12.2 Å². The van der Waals surface area contributed by atoms with Crippen LogP contribution in [-0.2, 0) is 32.5 Å². The van der Waals surface area contributed by atoms with Crippen LogP contribution in [0.1, 0.15) is 58.9 Å². The monoisotopic (exact) mass is 649 g/mol. The van der Waals surface area contributed by atoms with E-state index >= 15 is 0 Å². The molecule has 1 aromatic heterocycles. The number of fused-ring (bicyclic) bond motifs is 1. The summed E-state index contributed by atoms with van der Waals surface area (Å²) in [5.41, 5.74) is 1.45. The number of rotatable bonds is 9. The highest BCUT2D eigenvalue weighted by molar-refractivity contribution is 7.89. The van der Waals surface area contributed by atoms with Crippen LogP contribution in [0.5, 0.6) is 0 Å². The molecule has 4 amide bonds. The lowest BCUT2D eigenvalue weighted by atomic mass is 10.0. The van der Waals surface area contributed by atoms with E-state index in [9.17, 15) is 27.6 Å². The molecular formula is C29H39N5O8S2. The highest BCUT2D eigenvalue weighted by atomic mass is 32.2. The second kappa shape index (κ2) is 14.4. The van der Waals surface area contributed by atoms with E-state index in [1.54, 1.807) is 23.6 Å². The number of ether oxygens (including phenoxy) is 2. The quantitative estimate of drug-likeness (QED) is 0.435. The number of anilines is 1. The van der Waals surface area contributed by atoms with Gasteiger partial charge in [0.15, 0.2) is 0 Å². The fourth-order valence-corrected chi connectivity index (χ4v) is 7.86. The van der Waals surface area contributed by atoms with Gasteiger partial charge in [0, 0.05) is 56.3 Å². The zero-order chi connectivity index (χ0) is 32.0. The zero-order valence-electron chi connectivity index (χ0n) is 25.5. The van der Waals surface area contributed by atoms with Crippen molar-refractivity contribution in [1.82, 2.24) is 19.0 Å². The minimum atomic E-state index is -3.84. The molecule has 1 aromatic carbocycles. The maximum Gasteiger partial charge on any atom is 0.410 e. The molecule has 0 unspecified atom stereocenters. The molecule has 1 fully saturated rings. The number of amides is 4. The van der Waals surface area contributed by atoms with Crippen molar-refractivity contribution >= 4 is 50.4 Å². The lowest BCUT2D eigenvalue weighted by molar-refractivity contribution is 0.0772. The molecule has 4 rings (SSSR count). The summed E-state index contributed by atoms with van der Waals surface area (Å²) in [5.74, 6) is -0.691. The van der Waals surface area contributed by atoms with Crippen molar-refractivity contribution in [1.29, 1.82) is 0 Å². The minimum Gasteiger partial charge on any atom is -0.450 e. The number of hydrogen-bond donors (Lipinski definition) is 1. The molecule has 2 aliphatic heterocycles. The Balaban J connectivity index is 1.52. The molecule has 0 bridgehead atoms. The smallest absolute Gasteiger partial charge is 0.410 e. The third-order valence-corrected chi connectivity index (χ3v) is 10.6. The first kappa shape index (κ1) is 33.2. The SMILES string of the molecule is CCOC(=O)N1CCN(S(=O)(=O)c2ccc(C(=O)Nc3sc4c(c3C(=O)N(CC)CC)CCN(C(=O)OCC)C4)cc2)CC1. The second-order valence-electron chi connectivity index (χ2n) is 10.1. The number of carbonyl (C=O) groups is 4. The van der Waals surface area contributed by atoms with Crippen LogP contribution in [0.2, 0.25) is 0 Å². The Morgan fingerprint density at radius 1 is 0.864 bits per heavy atom. The minimum absolute atomic E-state index is 0.0293. The number of nitrogens with zero attached hydrogens (tertiary/aromatic N) is 4. The van der Waals surface area contributed by atoms with Gasteiger partial charge < -0.3 is 29.5 Å². The van der Waals surface area contributed by atoms with Gasteiger partial charge in [-0.25, -0.2) is 18.0 Å². The number of benzene rings is 1. The normalized spacial score (nSPS) is 15.4. The molecule has 13 nitrogen and oxygen atoms in total. The third kappa shape index (κ3) is 7.00. The molecule has 0 radical (unpaired) electrons. The van der Waals surface area contributed by atoms with Gasteiger partial charge in [0.05, 0.1) is 30.2 Å². The van der Waals surface area contributed by atoms with Gasteiger partial charge in [-0.1, -0.05) is 0 Å². The van der Waals surface area contributed by atoms with Crippen LogP contribution in [0.3, 0.4) is 0 Å². The summed E-state index contributed by atoms with van der Waals surface area (Å²) >= 11 is 1.25. The van der Waals surface area contributed by atoms with Gasteiger partial charge in [0.2, 0.25) is 10.0 Å². The zero-order valence-corrected chi connectivity index (χ0v) is 27.1. The van der Waals surface area contributed by atoms with Crippen molar-refractivity contribution in [2.24, 2.45) is 0 Å². The first-order chi connectivity index (χ1) is 21.0. The Morgan fingerprint density at radius 3 is 2.02 bits per heavy atom. The maximum atomic E-state index is 13.6. The molecule has 15 heteroatoms. The fourth-order valence-electron chi connectivity index (χ4n) is 5.19. The number of hydrogen-bond acceptors (Lipinski definition) is 9. The molecular weight excluding hydrogens is 610 g/mol. The van der Waals surface area contributed by atoms with E-state index in [4.69, 9.17) is 9.47 Å². The topological polar surface area (TPSA) is 146 Å². The van der Waals surface area contributed by atoms with Crippen molar-refractivity contribution in [3.05, 3.63) is 45.8 Å². The van der Waals surface area contributed by atoms with Crippen molar-refractivity contribution < 1.29 is 37.1 Å². The van der Waals surface area contributed by atoms with Crippen LogP contribution < -0.4 is 5.32 Å². The molecule has 0 saturated carbocycles. The first-order valence-electron chi connectivity index (χ1n) is 14.7. The van der Waals surface area contributed by atoms with Gasteiger partial charge in [0.25, 0.3) is 11.8 Å². The van der Waals surface area contributed by atoms with Gasteiger partial charge in [-0.3, -0.25) is 9.59 Å². The van der Waals surface area contributed by atoms with Crippen molar-refractivity contribution in [3.8, 4) is 0 Å². The number of thiophene rings is 1. The third-order valence-electron chi connectivity index (χ3n) is 7.59. The largest absolute Gasteiger partial charge is 0.450 e. The predicted octanol–water partition coefficient (Wildman–Crippen LogP) is 3.46. The van der Waals surface area contributed by atoms with Gasteiger partial charge in [-0.05, 0) is 63.9 Å². The van der Waals surface area contributed by atoms with Crippen LogP contribution >= 0.6 is 11.3 Å². The molecule has 3 heterocycles. The maximum absolute atomic E-state index is 13.6. The molecule has 240 valence electrons. The van der Waals surface area contributed by atoms with E-state index < -0.39 is 28.1 Å². The molecule has 1 N–H and O–H groups in total. The second-order valence-corrected chi connectivity index (χ2v) is 13.2. The summed E-state index contributed by atoms with van der Waals surface area (Å²) < 4.78 is 37.9. The van der Waals surface area contributed by atoms with Crippen molar-refractivity contribution in [2.45, 2.75) is 45.6 Å². The van der Waals surface area contributed by atoms with E-state index in [1.165, 1.54) is 44.8 Å². The number of sulfonamides is 1. The van der Waals surface area contributed by atoms with Crippen molar-refractivity contribution in [2.75, 3.05) is 64.3 Å². The van der Waals surface area contributed by atoms with Crippen molar-refractivity contribution in [3.63, 3.8) is 0 Å². The highest BCUT2D eigenvalue weighted by Gasteiger charge is 2.33. The van der Waals surface area contributed by atoms with Crippen LogP contribution in [0.4, 0.5) is 14.6 Å². The number of nitrogens with one attached hydrogen (secondary N) is 1. The lowest BCUT2D eigenvalue weighted by Crippen LogP contribution is -2.50. The van der Waals surface area contributed by atoms with Gasteiger partial charge in [-0.2, -0.15) is 4.31 Å². The van der Waals surface area contributed by atoms with Gasteiger partial charge in [-0.15, -0.1) is 11.3 Å². The lowest BCUT2D eigenvalue weighted by Gasteiger charge is -2.33. The Kier molecular flexibility index (Phi) is 10.9. The van der Waals surface area contributed by atoms with Crippen LogP contribution in [0.25, 0.3) is 0 Å². The molecule has 1 saturated heterocycles. The highest BCUT2D eigenvalue weighted by Crippen LogP contribution is 2.38. The van der Waals surface area contributed by atoms with E-state index in [1.807, 2.05) is 13.8 Å². The Bertz CT molecular complexity index is 1480. The first-order valence-corrected chi connectivity index (χ1v) is 17.0. The summed E-state index contributed by atoms with van der Waals surface area (Å²) in [6.07, 6.45) is -0.446. The standard InChI is InChI=1S/C29H39N5O8S2/c1-5-31(6-2)27(36)24-22-13-14-33(29(38)42-8-4)19-23(22)43-26(24)30-25(35)20-9-11-21(12-10-20)44(39,40)34-17-15-32(16-18-34)28(37)41-7-3/h9-12H,5-8,13-19H2,1-4H3,(H,30,35). The van der Waals surface area contributed by atoms with E-state index in [0.29, 0.717) is 36.6 Å². The van der Waals surface area contributed by atoms with Crippen LogP contribution in [0, 0.1) is 0 Å². The fraction of sp³-hybridized carbons (Fsp3) is 0.517. The molecule has 0 aliphatic carbocycles. The summed E-state index contributed by atoms with van der Waals surface area (Å²) in [6, 6.07) is 5.61. The Labute approximate surface area is 261 Å².